The second kappa shape index (κ2) is 9.09. The molecule has 1 amide bonds. The molecule has 1 aromatic heterocycles. The van der Waals surface area contributed by atoms with Gasteiger partial charge >= 0.3 is 0 Å². The fourth-order valence-electron chi connectivity index (χ4n) is 3.11. The Bertz CT molecular complexity index is 1200. The maximum atomic E-state index is 12.5. The lowest BCUT2D eigenvalue weighted by Gasteiger charge is -2.06. The number of para-hydroxylation sites is 2. The van der Waals surface area contributed by atoms with E-state index < -0.39 is 0 Å². The molecule has 0 bridgehead atoms. The highest BCUT2D eigenvalue weighted by atomic mass is 16.3. The number of amides is 1. The normalized spacial score (nSPS) is 10.6. The number of hydrogen-bond donors (Lipinski definition) is 2. The molecule has 0 aliphatic carbocycles. The predicted octanol–water partition coefficient (Wildman–Crippen LogP) is 5.12. The summed E-state index contributed by atoms with van der Waals surface area (Å²) in [6, 6.07) is 23.1. The van der Waals surface area contributed by atoms with E-state index in [-0.39, 0.29) is 35.4 Å². The number of nitrogens with zero attached hydrogens (tertiary/aromatic N) is 1. The number of nitrogens with one attached hydrogen (secondary N) is 1. The first-order valence-electron chi connectivity index (χ1n) is 9.82. The number of Topliss-reactive ketones (excluding diaryl/α,β-unsaturated/α-hetero) is 1. The number of phenolic OH excluding ortho intramolecular Hbond substituents is 1. The molecule has 0 saturated carbocycles. The molecule has 3 aromatic carbocycles. The van der Waals surface area contributed by atoms with Crippen molar-refractivity contribution in [1.29, 1.82) is 0 Å². The zero-order valence-electron chi connectivity index (χ0n) is 16.6. The van der Waals surface area contributed by atoms with Gasteiger partial charge in [-0.2, -0.15) is 0 Å². The maximum Gasteiger partial charge on any atom is 0.255 e. The van der Waals surface area contributed by atoms with E-state index in [1.54, 1.807) is 30.3 Å². The molecule has 0 aliphatic rings. The summed E-state index contributed by atoms with van der Waals surface area (Å²) in [5.74, 6) is -0.0978. The minimum atomic E-state index is -0.187. The fourth-order valence-corrected chi connectivity index (χ4v) is 3.11. The van der Waals surface area contributed by atoms with Gasteiger partial charge in [0.2, 0.25) is 5.89 Å². The summed E-state index contributed by atoms with van der Waals surface area (Å²) in [5.41, 5.74) is 2.87. The van der Waals surface area contributed by atoms with Crippen LogP contribution in [-0.2, 0) is 6.42 Å². The van der Waals surface area contributed by atoms with Crippen molar-refractivity contribution in [3.8, 4) is 17.2 Å². The van der Waals surface area contributed by atoms with Crippen molar-refractivity contribution < 1.29 is 19.1 Å². The van der Waals surface area contributed by atoms with E-state index in [1.807, 2.05) is 42.5 Å². The third kappa shape index (κ3) is 4.87. The first-order chi connectivity index (χ1) is 15.1. The summed E-state index contributed by atoms with van der Waals surface area (Å²) >= 11 is 0. The van der Waals surface area contributed by atoms with Crippen molar-refractivity contribution in [2.24, 2.45) is 0 Å². The van der Waals surface area contributed by atoms with E-state index in [0.29, 0.717) is 17.5 Å². The van der Waals surface area contributed by atoms with Crippen LogP contribution < -0.4 is 5.32 Å². The van der Waals surface area contributed by atoms with Crippen LogP contribution in [0.4, 0.5) is 5.69 Å². The number of oxazole rings is 1. The minimum absolute atomic E-state index is 0.0414. The summed E-state index contributed by atoms with van der Waals surface area (Å²) in [6.45, 7) is 0. The van der Waals surface area contributed by atoms with Gasteiger partial charge in [0.1, 0.15) is 17.7 Å². The monoisotopic (exact) mass is 412 g/mol. The van der Waals surface area contributed by atoms with Crippen LogP contribution in [0.1, 0.15) is 32.8 Å². The van der Waals surface area contributed by atoms with Crippen LogP contribution in [0.5, 0.6) is 5.75 Å². The van der Waals surface area contributed by atoms with E-state index in [4.69, 9.17) is 4.42 Å². The molecule has 0 unspecified atom stereocenters. The number of ketones is 1. The fraction of sp³-hybridized carbons (Fsp3) is 0.0800. The first-order valence-corrected chi connectivity index (χ1v) is 9.82. The second-order valence-electron chi connectivity index (χ2n) is 7.00. The van der Waals surface area contributed by atoms with Gasteiger partial charge in [-0.05, 0) is 48.4 Å². The summed E-state index contributed by atoms with van der Waals surface area (Å²) in [4.78, 5) is 29.0. The Morgan fingerprint density at radius 1 is 0.903 bits per heavy atom. The summed E-state index contributed by atoms with van der Waals surface area (Å²) < 4.78 is 5.36. The molecule has 31 heavy (non-hydrogen) atoms. The van der Waals surface area contributed by atoms with Crippen LogP contribution in [0.3, 0.4) is 0 Å². The van der Waals surface area contributed by atoms with Gasteiger partial charge in [-0.15, -0.1) is 0 Å². The number of carbonyl (C=O) groups is 2. The number of aryl methyl sites for hydroxylation is 1. The van der Waals surface area contributed by atoms with Crippen molar-refractivity contribution >= 4 is 17.4 Å². The molecule has 0 atom stereocenters. The highest BCUT2D eigenvalue weighted by molar-refractivity contribution is 6.04. The highest BCUT2D eigenvalue weighted by Crippen LogP contribution is 2.28. The molecule has 2 N–H and O–H groups in total. The Morgan fingerprint density at radius 2 is 1.61 bits per heavy atom. The number of phenols is 1. The van der Waals surface area contributed by atoms with E-state index in [0.717, 1.165) is 11.3 Å². The van der Waals surface area contributed by atoms with Crippen molar-refractivity contribution in [3.63, 3.8) is 0 Å². The number of rotatable bonds is 7. The van der Waals surface area contributed by atoms with Gasteiger partial charge in [-0.3, -0.25) is 9.59 Å². The molecule has 0 fully saturated rings. The lowest BCUT2D eigenvalue weighted by molar-refractivity contribution is 0.0976. The number of aromatic nitrogens is 1. The van der Waals surface area contributed by atoms with Crippen LogP contribution in [-0.4, -0.2) is 21.8 Å². The molecule has 6 heteroatoms. The van der Waals surface area contributed by atoms with Crippen molar-refractivity contribution in [2.75, 3.05) is 5.32 Å². The number of carbonyl (C=O) groups excluding carboxylic acids is 2. The Kier molecular flexibility index (Phi) is 5.89. The number of aromatic hydroxyl groups is 1. The predicted molar refractivity (Wildman–Crippen MR) is 117 cm³/mol. The largest absolute Gasteiger partial charge is 0.507 e. The third-order valence-electron chi connectivity index (χ3n) is 4.81. The Morgan fingerprint density at radius 3 is 2.35 bits per heavy atom. The molecule has 154 valence electrons. The van der Waals surface area contributed by atoms with Crippen LogP contribution >= 0.6 is 0 Å². The first kappa shape index (κ1) is 20.1. The van der Waals surface area contributed by atoms with Crippen LogP contribution in [0.2, 0.25) is 0 Å². The molecular formula is C25H20N2O4. The molecular weight excluding hydrogens is 392 g/mol. The van der Waals surface area contributed by atoms with Gasteiger partial charge in [0, 0.05) is 17.7 Å². The Hall–Kier alpha value is -4.19. The van der Waals surface area contributed by atoms with E-state index >= 15 is 0 Å². The lowest BCUT2D eigenvalue weighted by atomic mass is 10.0. The summed E-state index contributed by atoms with van der Waals surface area (Å²) in [5, 5.41) is 12.7. The van der Waals surface area contributed by atoms with Crippen molar-refractivity contribution in [2.45, 2.75) is 12.8 Å². The minimum Gasteiger partial charge on any atom is -0.507 e. The number of hydrogen-bond acceptors (Lipinski definition) is 5. The Labute approximate surface area is 179 Å². The average molecular weight is 412 g/mol. The van der Waals surface area contributed by atoms with E-state index in [2.05, 4.69) is 10.3 Å². The molecule has 0 radical (unpaired) electrons. The standard InChI is InChI=1S/C25H20N2O4/c28-22-9-5-4-8-20(22)25-27-21(16-31-25)23(29)15-12-17-10-13-18(14-11-17)24(30)26-19-6-2-1-3-7-19/h1-11,13-14,16,28H,12,15H2,(H,26,30). The van der Waals surface area contributed by atoms with Crippen LogP contribution in [0.15, 0.2) is 89.5 Å². The van der Waals surface area contributed by atoms with Crippen LogP contribution in [0.25, 0.3) is 11.5 Å². The lowest BCUT2D eigenvalue weighted by Crippen LogP contribution is -2.11. The van der Waals surface area contributed by atoms with Gasteiger partial charge in [-0.1, -0.05) is 42.5 Å². The third-order valence-corrected chi connectivity index (χ3v) is 4.81. The quantitative estimate of drug-likeness (QED) is 0.411. The van der Waals surface area contributed by atoms with Gasteiger partial charge in [0.25, 0.3) is 5.91 Å². The van der Waals surface area contributed by atoms with E-state index in [1.165, 1.54) is 12.3 Å². The Balaban J connectivity index is 1.35. The maximum absolute atomic E-state index is 12.5. The molecule has 0 saturated heterocycles. The number of benzene rings is 3. The summed E-state index contributed by atoms with van der Waals surface area (Å²) in [6.07, 6.45) is 2.07. The molecule has 0 spiro atoms. The average Bonchev–Trinajstić information content (AvgIpc) is 3.29. The molecule has 0 aliphatic heterocycles. The van der Waals surface area contributed by atoms with E-state index in [9.17, 15) is 14.7 Å². The summed E-state index contributed by atoms with van der Waals surface area (Å²) in [7, 11) is 0. The van der Waals surface area contributed by atoms with Crippen molar-refractivity contribution in [3.05, 3.63) is 102 Å². The van der Waals surface area contributed by atoms with Crippen LogP contribution in [0, 0.1) is 0 Å². The van der Waals surface area contributed by atoms with Gasteiger partial charge in [0.05, 0.1) is 5.56 Å². The smallest absolute Gasteiger partial charge is 0.255 e. The molecule has 4 rings (SSSR count). The molecule has 6 nitrogen and oxygen atoms in total. The molecule has 1 heterocycles. The zero-order valence-corrected chi connectivity index (χ0v) is 16.6. The van der Waals surface area contributed by atoms with Gasteiger partial charge < -0.3 is 14.8 Å². The second-order valence-corrected chi connectivity index (χ2v) is 7.00. The van der Waals surface area contributed by atoms with Gasteiger partial charge in [-0.25, -0.2) is 4.98 Å². The van der Waals surface area contributed by atoms with Gasteiger partial charge in [0.15, 0.2) is 5.78 Å². The molecule has 4 aromatic rings. The topological polar surface area (TPSA) is 92.4 Å². The highest BCUT2D eigenvalue weighted by Gasteiger charge is 2.15. The van der Waals surface area contributed by atoms with Crippen molar-refractivity contribution in [1.82, 2.24) is 4.98 Å². The zero-order chi connectivity index (χ0) is 21.6. The number of anilines is 1. The SMILES string of the molecule is O=C(Nc1ccccc1)c1ccc(CCC(=O)c2coc(-c3ccccc3O)n2)cc1.